The number of hydrogen-bond acceptors (Lipinski definition) is 3. The molecule has 1 saturated heterocycles. The number of aromatic amines is 1. The van der Waals surface area contributed by atoms with Crippen LogP contribution in [0.1, 0.15) is 70.1 Å². The number of nitrogens with zero attached hydrogens (tertiary/aromatic N) is 2. The molecule has 6 atom stereocenters. The Hall–Kier alpha value is -1.42. The molecule has 164 valence electrons. The average molecular weight is 410 g/mol. The van der Waals surface area contributed by atoms with E-state index in [0.29, 0.717) is 17.3 Å². The first-order chi connectivity index (χ1) is 14.5. The average Bonchev–Trinajstić information content (AvgIpc) is 3.31. The smallest absolute Gasteiger partial charge is 0.124 e. The van der Waals surface area contributed by atoms with Gasteiger partial charge >= 0.3 is 0 Å². The van der Waals surface area contributed by atoms with Crippen molar-refractivity contribution in [3.05, 3.63) is 29.6 Å². The molecule has 2 saturated carbocycles. The maximum absolute atomic E-state index is 12.3. The number of piperidine rings is 1. The highest BCUT2D eigenvalue weighted by molar-refractivity contribution is 5.57. The van der Waals surface area contributed by atoms with E-state index in [-0.39, 0.29) is 11.3 Å². The van der Waals surface area contributed by atoms with E-state index < -0.39 is 0 Å². The Bertz CT molecular complexity index is 809. The number of rotatable bonds is 4. The van der Waals surface area contributed by atoms with Gasteiger partial charge < -0.3 is 9.69 Å². The van der Waals surface area contributed by atoms with Gasteiger partial charge in [0, 0.05) is 18.2 Å². The van der Waals surface area contributed by atoms with E-state index in [1.165, 1.54) is 87.7 Å². The van der Waals surface area contributed by atoms with Gasteiger partial charge in [-0.25, -0.2) is 0 Å². The summed E-state index contributed by atoms with van der Waals surface area (Å²) in [5, 5.41) is 7.47. The highest BCUT2D eigenvalue weighted by atomic mass is 16.1. The number of H-pyrrole nitrogens is 1. The molecule has 4 aliphatic rings. The van der Waals surface area contributed by atoms with Crippen molar-refractivity contribution in [2.45, 2.75) is 71.6 Å². The molecule has 3 aliphatic carbocycles. The second kappa shape index (κ2) is 7.62. The summed E-state index contributed by atoms with van der Waals surface area (Å²) >= 11 is 0. The Kier molecular flexibility index (Phi) is 5.20. The van der Waals surface area contributed by atoms with E-state index in [2.05, 4.69) is 35.5 Å². The molecule has 1 aromatic heterocycles. The number of hydrogen-bond donors (Lipinski definition) is 1. The molecule has 3 fully saturated rings. The Morgan fingerprint density at radius 1 is 1.23 bits per heavy atom. The van der Waals surface area contributed by atoms with Crippen molar-refractivity contribution in [2.24, 2.45) is 34.5 Å². The summed E-state index contributed by atoms with van der Waals surface area (Å²) in [4.78, 5) is 15.1. The first-order valence-electron chi connectivity index (χ1n) is 12.3. The van der Waals surface area contributed by atoms with Crippen molar-refractivity contribution in [3.8, 4) is 0 Å². The van der Waals surface area contributed by atoms with E-state index in [4.69, 9.17) is 0 Å². The van der Waals surface area contributed by atoms with Crippen LogP contribution in [0.25, 0.3) is 0 Å². The summed E-state index contributed by atoms with van der Waals surface area (Å²) in [6.07, 6.45) is 14.2. The summed E-state index contributed by atoms with van der Waals surface area (Å²) in [7, 11) is 0. The van der Waals surface area contributed by atoms with Gasteiger partial charge in [-0.05, 0) is 98.6 Å². The van der Waals surface area contributed by atoms with Gasteiger partial charge in [0.25, 0.3) is 0 Å². The standard InChI is InChI=1S/C26H39N3O/c1-18-7-8-22-21(16-29-11-5-4-6-12-29)23(9-10-25(18,22)2)26(3)14-19-15-27-28-24(19)13-20(26)17-30/h15,17,20-23H,1,4-14,16H2,2-3H3,(H,27,28)/t20-,21+,22+,23+,25-,26+/m1/s1. The minimum atomic E-state index is 0.0321. The fourth-order valence-electron chi connectivity index (χ4n) is 7.98. The van der Waals surface area contributed by atoms with Crippen LogP contribution in [0.15, 0.2) is 18.3 Å². The third-order valence-electron chi connectivity index (χ3n) is 9.97. The number of allylic oxidation sites excluding steroid dienone is 1. The lowest BCUT2D eigenvalue weighted by atomic mass is 9.49. The van der Waals surface area contributed by atoms with Crippen LogP contribution in [0, 0.1) is 34.5 Å². The van der Waals surface area contributed by atoms with E-state index in [1.54, 1.807) is 0 Å². The number of aromatic nitrogens is 2. The molecule has 2 heterocycles. The molecule has 5 rings (SSSR count). The van der Waals surface area contributed by atoms with Crippen LogP contribution in [0.3, 0.4) is 0 Å². The normalized spacial score (nSPS) is 42.0. The lowest BCUT2D eigenvalue weighted by Crippen LogP contribution is -2.54. The summed E-state index contributed by atoms with van der Waals surface area (Å²) in [5.74, 6) is 2.08. The van der Waals surface area contributed by atoms with Gasteiger partial charge in [-0.3, -0.25) is 5.10 Å². The minimum Gasteiger partial charge on any atom is -0.303 e. The van der Waals surface area contributed by atoms with Crippen molar-refractivity contribution in [2.75, 3.05) is 19.6 Å². The number of carbonyl (C=O) groups excluding carboxylic acids is 1. The van der Waals surface area contributed by atoms with Gasteiger partial charge in [0.2, 0.25) is 0 Å². The zero-order valence-corrected chi connectivity index (χ0v) is 19.0. The number of nitrogens with one attached hydrogen (secondary N) is 1. The maximum Gasteiger partial charge on any atom is 0.124 e. The Balaban J connectivity index is 1.50. The third-order valence-corrected chi connectivity index (χ3v) is 9.97. The molecular formula is C26H39N3O. The third kappa shape index (κ3) is 3.13. The van der Waals surface area contributed by atoms with Crippen molar-refractivity contribution in [3.63, 3.8) is 0 Å². The molecular weight excluding hydrogens is 370 g/mol. The second-order valence-electron chi connectivity index (χ2n) is 11.3. The topological polar surface area (TPSA) is 49.0 Å². The van der Waals surface area contributed by atoms with Crippen LogP contribution in [0.4, 0.5) is 0 Å². The molecule has 30 heavy (non-hydrogen) atoms. The molecule has 1 aromatic rings. The minimum absolute atomic E-state index is 0.0321. The molecule has 0 aromatic carbocycles. The monoisotopic (exact) mass is 409 g/mol. The van der Waals surface area contributed by atoms with Gasteiger partial charge in [0.15, 0.2) is 0 Å². The van der Waals surface area contributed by atoms with Gasteiger partial charge in [0.1, 0.15) is 6.29 Å². The molecule has 0 radical (unpaired) electrons. The first kappa shape index (κ1) is 20.5. The Morgan fingerprint density at radius 3 is 2.80 bits per heavy atom. The van der Waals surface area contributed by atoms with E-state index in [0.717, 1.165) is 18.8 Å². The van der Waals surface area contributed by atoms with Gasteiger partial charge in [0.05, 0.1) is 6.20 Å². The fraction of sp³-hybridized carbons (Fsp3) is 0.769. The van der Waals surface area contributed by atoms with Crippen molar-refractivity contribution < 1.29 is 4.79 Å². The highest BCUT2D eigenvalue weighted by Crippen LogP contribution is 2.63. The summed E-state index contributed by atoms with van der Waals surface area (Å²) in [6, 6.07) is 0. The van der Waals surface area contributed by atoms with E-state index >= 15 is 0 Å². The van der Waals surface area contributed by atoms with Crippen LogP contribution in [-0.4, -0.2) is 41.0 Å². The molecule has 1 N–H and O–H groups in total. The van der Waals surface area contributed by atoms with E-state index in [9.17, 15) is 4.79 Å². The van der Waals surface area contributed by atoms with Gasteiger partial charge in [-0.1, -0.05) is 32.4 Å². The number of aldehydes is 1. The van der Waals surface area contributed by atoms with Crippen LogP contribution >= 0.6 is 0 Å². The Labute approximate surface area is 181 Å². The van der Waals surface area contributed by atoms with Crippen LogP contribution in [-0.2, 0) is 17.6 Å². The first-order valence-corrected chi connectivity index (χ1v) is 12.3. The van der Waals surface area contributed by atoms with Gasteiger partial charge in [-0.2, -0.15) is 5.10 Å². The van der Waals surface area contributed by atoms with Crippen LogP contribution in [0.5, 0.6) is 0 Å². The molecule has 0 unspecified atom stereocenters. The predicted molar refractivity (Wildman–Crippen MR) is 120 cm³/mol. The SMILES string of the molecule is C=C1CC[C@H]2[C@H](CN3CCCCC3)[C@@H]([C@@]3(C)Cc4cn[nH]c4C[C@@H]3C=O)CC[C@]12C. The largest absolute Gasteiger partial charge is 0.303 e. The molecule has 0 amide bonds. The molecule has 1 aliphatic heterocycles. The van der Waals surface area contributed by atoms with Gasteiger partial charge in [-0.15, -0.1) is 0 Å². The summed E-state index contributed by atoms with van der Waals surface area (Å²) in [6.45, 7) is 13.2. The summed E-state index contributed by atoms with van der Waals surface area (Å²) < 4.78 is 0. The second-order valence-corrected chi connectivity index (χ2v) is 11.3. The molecule has 4 nitrogen and oxygen atoms in total. The lowest BCUT2D eigenvalue weighted by Gasteiger charge is -2.56. The zero-order chi connectivity index (χ0) is 20.9. The highest BCUT2D eigenvalue weighted by Gasteiger charge is 2.57. The van der Waals surface area contributed by atoms with Crippen molar-refractivity contribution in [1.82, 2.24) is 15.1 Å². The molecule has 0 bridgehead atoms. The zero-order valence-electron chi connectivity index (χ0n) is 19.0. The predicted octanol–water partition coefficient (Wildman–Crippen LogP) is 4.81. The molecule has 4 heteroatoms. The molecule has 0 spiro atoms. The van der Waals surface area contributed by atoms with Crippen LogP contribution < -0.4 is 0 Å². The Morgan fingerprint density at radius 2 is 2.03 bits per heavy atom. The fourth-order valence-corrected chi connectivity index (χ4v) is 7.98. The van der Waals surface area contributed by atoms with E-state index in [1.807, 2.05) is 6.20 Å². The number of carbonyl (C=O) groups is 1. The maximum atomic E-state index is 12.3. The van der Waals surface area contributed by atoms with Crippen LogP contribution in [0.2, 0.25) is 0 Å². The summed E-state index contributed by atoms with van der Waals surface area (Å²) in [5.41, 5.74) is 4.36. The van der Waals surface area contributed by atoms with Crippen molar-refractivity contribution >= 4 is 6.29 Å². The lowest BCUT2D eigenvalue weighted by molar-refractivity contribution is -0.121. The van der Waals surface area contributed by atoms with Crippen molar-refractivity contribution in [1.29, 1.82) is 0 Å². The number of likely N-dealkylation sites (tertiary alicyclic amines) is 1. The number of fused-ring (bicyclic) bond motifs is 2. The quantitative estimate of drug-likeness (QED) is 0.573.